The van der Waals surface area contributed by atoms with Crippen molar-refractivity contribution in [1.82, 2.24) is 10.2 Å². The van der Waals surface area contributed by atoms with Crippen molar-refractivity contribution >= 4 is 15.7 Å². The van der Waals surface area contributed by atoms with Crippen LogP contribution in [0, 0.1) is 0 Å². The van der Waals surface area contributed by atoms with E-state index in [1.54, 1.807) is 31.4 Å². The standard InChI is InChI=1S/C11H13N3O3S/c1-17-8-9-2-4-10(5-3-9)14-18(15,16)11-6-7-12-13-11/h2-7,14H,8H2,1H3,(H,12,13). The minimum absolute atomic E-state index is 0.0310. The number of hydrogen-bond donors (Lipinski definition) is 2. The van der Waals surface area contributed by atoms with Gasteiger partial charge in [-0.05, 0) is 23.8 Å². The van der Waals surface area contributed by atoms with Crippen molar-refractivity contribution in [3.8, 4) is 0 Å². The molecule has 0 aliphatic rings. The molecule has 18 heavy (non-hydrogen) atoms. The number of ether oxygens (including phenoxy) is 1. The molecule has 0 spiro atoms. The molecule has 0 aliphatic carbocycles. The fourth-order valence-corrected chi connectivity index (χ4v) is 2.41. The number of benzene rings is 1. The normalized spacial score (nSPS) is 11.4. The summed E-state index contributed by atoms with van der Waals surface area (Å²) in [6.45, 7) is 0.494. The number of rotatable bonds is 5. The van der Waals surface area contributed by atoms with E-state index in [9.17, 15) is 8.42 Å². The van der Waals surface area contributed by atoms with Crippen LogP contribution in [0.1, 0.15) is 5.56 Å². The largest absolute Gasteiger partial charge is 0.380 e. The lowest BCUT2D eigenvalue weighted by Gasteiger charge is -2.06. The first-order chi connectivity index (χ1) is 8.62. The monoisotopic (exact) mass is 267 g/mol. The molecule has 1 aromatic carbocycles. The Labute approximate surface area is 105 Å². The second-order valence-electron chi connectivity index (χ2n) is 3.66. The van der Waals surface area contributed by atoms with Crippen molar-refractivity contribution in [3.05, 3.63) is 42.1 Å². The maximum absolute atomic E-state index is 11.9. The molecule has 0 saturated carbocycles. The Kier molecular flexibility index (Phi) is 3.63. The third-order valence-corrected chi connectivity index (χ3v) is 3.59. The first-order valence-electron chi connectivity index (χ1n) is 5.22. The van der Waals surface area contributed by atoms with Gasteiger partial charge in [-0.25, -0.2) is 0 Å². The Morgan fingerprint density at radius 2 is 2.00 bits per heavy atom. The molecular weight excluding hydrogens is 254 g/mol. The number of aromatic amines is 1. The van der Waals surface area contributed by atoms with Gasteiger partial charge in [0.2, 0.25) is 0 Å². The zero-order valence-corrected chi connectivity index (χ0v) is 10.6. The number of nitrogens with zero attached hydrogens (tertiary/aromatic N) is 1. The fraction of sp³-hybridized carbons (Fsp3) is 0.182. The average Bonchev–Trinajstić information content (AvgIpc) is 2.86. The predicted molar refractivity (Wildman–Crippen MR) is 66.6 cm³/mol. The third kappa shape index (κ3) is 2.88. The maximum atomic E-state index is 11.9. The first kappa shape index (κ1) is 12.6. The highest BCUT2D eigenvalue weighted by Gasteiger charge is 2.15. The van der Waals surface area contributed by atoms with E-state index in [-0.39, 0.29) is 5.03 Å². The van der Waals surface area contributed by atoms with Gasteiger partial charge in [-0.3, -0.25) is 9.82 Å². The van der Waals surface area contributed by atoms with Gasteiger partial charge in [0.15, 0.2) is 5.03 Å². The zero-order chi connectivity index (χ0) is 13.0. The van der Waals surface area contributed by atoms with Crippen LogP contribution in [0.15, 0.2) is 41.6 Å². The summed E-state index contributed by atoms with van der Waals surface area (Å²) in [4.78, 5) is 0. The van der Waals surface area contributed by atoms with Crippen LogP contribution in [-0.4, -0.2) is 25.7 Å². The lowest BCUT2D eigenvalue weighted by atomic mass is 10.2. The Hall–Kier alpha value is -1.86. The van der Waals surface area contributed by atoms with Crippen LogP contribution in [0.2, 0.25) is 0 Å². The van der Waals surface area contributed by atoms with Crippen LogP contribution in [0.25, 0.3) is 0 Å². The fourth-order valence-electron chi connectivity index (χ4n) is 1.44. The Morgan fingerprint density at radius 3 is 2.56 bits per heavy atom. The highest BCUT2D eigenvalue weighted by Crippen LogP contribution is 2.15. The molecule has 7 heteroatoms. The predicted octanol–water partition coefficient (Wildman–Crippen LogP) is 1.36. The van der Waals surface area contributed by atoms with Gasteiger partial charge in [-0.1, -0.05) is 12.1 Å². The molecule has 0 atom stereocenters. The van der Waals surface area contributed by atoms with Crippen LogP contribution in [0.3, 0.4) is 0 Å². The van der Waals surface area contributed by atoms with Crippen LogP contribution in [0.4, 0.5) is 5.69 Å². The lowest BCUT2D eigenvalue weighted by molar-refractivity contribution is 0.185. The second kappa shape index (κ2) is 5.19. The molecule has 0 radical (unpaired) electrons. The highest BCUT2D eigenvalue weighted by molar-refractivity contribution is 7.92. The molecule has 1 aromatic heterocycles. The number of sulfonamides is 1. The van der Waals surface area contributed by atoms with Crippen molar-refractivity contribution in [2.45, 2.75) is 11.6 Å². The van der Waals surface area contributed by atoms with Gasteiger partial charge in [-0.15, -0.1) is 0 Å². The number of anilines is 1. The minimum atomic E-state index is -3.59. The molecule has 96 valence electrons. The van der Waals surface area contributed by atoms with Crippen LogP contribution < -0.4 is 4.72 Å². The Morgan fingerprint density at radius 1 is 1.28 bits per heavy atom. The van der Waals surface area contributed by atoms with Crippen molar-refractivity contribution < 1.29 is 13.2 Å². The Balaban J connectivity index is 2.14. The summed E-state index contributed by atoms with van der Waals surface area (Å²) >= 11 is 0. The quantitative estimate of drug-likeness (QED) is 0.856. The number of H-pyrrole nitrogens is 1. The summed E-state index contributed by atoms with van der Waals surface area (Å²) in [6, 6.07) is 8.36. The number of hydrogen-bond acceptors (Lipinski definition) is 4. The molecule has 1 heterocycles. The number of aromatic nitrogens is 2. The molecule has 0 bridgehead atoms. The Bertz CT molecular complexity index is 591. The van der Waals surface area contributed by atoms with Crippen molar-refractivity contribution in [2.75, 3.05) is 11.8 Å². The van der Waals surface area contributed by atoms with Crippen LogP contribution in [0.5, 0.6) is 0 Å². The summed E-state index contributed by atoms with van der Waals surface area (Å²) in [5.74, 6) is 0. The number of methoxy groups -OCH3 is 1. The summed E-state index contributed by atoms with van der Waals surface area (Å²) in [6.07, 6.45) is 1.39. The average molecular weight is 267 g/mol. The molecule has 0 fully saturated rings. The van der Waals surface area contributed by atoms with Gasteiger partial charge < -0.3 is 4.74 Å². The van der Waals surface area contributed by atoms with Gasteiger partial charge >= 0.3 is 0 Å². The van der Waals surface area contributed by atoms with E-state index in [1.807, 2.05) is 0 Å². The van der Waals surface area contributed by atoms with E-state index in [1.165, 1.54) is 12.3 Å². The molecule has 0 aliphatic heterocycles. The minimum Gasteiger partial charge on any atom is -0.380 e. The SMILES string of the molecule is COCc1ccc(NS(=O)(=O)c2ccn[nH]2)cc1. The molecule has 0 saturated heterocycles. The van der Waals surface area contributed by atoms with Gasteiger partial charge in [0, 0.05) is 12.8 Å². The molecule has 2 rings (SSSR count). The smallest absolute Gasteiger partial charge is 0.278 e. The summed E-state index contributed by atoms with van der Waals surface area (Å²) in [7, 11) is -1.99. The first-order valence-corrected chi connectivity index (χ1v) is 6.70. The van der Waals surface area contributed by atoms with E-state index in [0.29, 0.717) is 12.3 Å². The van der Waals surface area contributed by atoms with Gasteiger partial charge in [0.05, 0.1) is 12.8 Å². The molecule has 2 aromatic rings. The molecule has 0 amide bonds. The molecule has 6 nitrogen and oxygen atoms in total. The van der Waals surface area contributed by atoms with E-state index in [2.05, 4.69) is 14.9 Å². The van der Waals surface area contributed by atoms with Crippen molar-refractivity contribution in [2.24, 2.45) is 0 Å². The van der Waals surface area contributed by atoms with Gasteiger partial charge in [-0.2, -0.15) is 13.5 Å². The van der Waals surface area contributed by atoms with E-state index in [0.717, 1.165) is 5.56 Å². The zero-order valence-electron chi connectivity index (χ0n) is 9.75. The van der Waals surface area contributed by atoms with Crippen molar-refractivity contribution in [3.63, 3.8) is 0 Å². The summed E-state index contributed by atoms with van der Waals surface area (Å²) in [5, 5.41) is 6.05. The summed E-state index contributed by atoms with van der Waals surface area (Å²) in [5.41, 5.74) is 1.46. The number of nitrogens with one attached hydrogen (secondary N) is 2. The van der Waals surface area contributed by atoms with E-state index < -0.39 is 10.0 Å². The third-order valence-electron chi connectivity index (χ3n) is 2.28. The molecule has 0 unspecified atom stereocenters. The molecule has 2 N–H and O–H groups in total. The van der Waals surface area contributed by atoms with E-state index in [4.69, 9.17) is 4.74 Å². The van der Waals surface area contributed by atoms with Gasteiger partial charge in [0.25, 0.3) is 10.0 Å². The second-order valence-corrected chi connectivity index (χ2v) is 5.31. The van der Waals surface area contributed by atoms with Crippen molar-refractivity contribution in [1.29, 1.82) is 0 Å². The topological polar surface area (TPSA) is 84.1 Å². The highest BCUT2D eigenvalue weighted by atomic mass is 32.2. The molecular formula is C11H13N3O3S. The van der Waals surface area contributed by atoms with E-state index >= 15 is 0 Å². The maximum Gasteiger partial charge on any atom is 0.278 e. The van der Waals surface area contributed by atoms with Crippen LogP contribution >= 0.6 is 0 Å². The lowest BCUT2D eigenvalue weighted by Crippen LogP contribution is -2.13. The van der Waals surface area contributed by atoms with Crippen LogP contribution in [-0.2, 0) is 21.4 Å². The summed E-state index contributed by atoms with van der Waals surface area (Å²) < 4.78 is 31.2. The van der Waals surface area contributed by atoms with Gasteiger partial charge in [0.1, 0.15) is 0 Å².